The van der Waals surface area contributed by atoms with Crippen LogP contribution in [0.1, 0.15) is 177 Å². The summed E-state index contributed by atoms with van der Waals surface area (Å²) in [6, 6.07) is 48.3. The molecule has 6 heteroatoms. The quantitative estimate of drug-likeness (QED) is 0.0488. The van der Waals surface area contributed by atoms with E-state index >= 15 is 0 Å². The molecule has 0 N–H and O–H groups in total. The lowest BCUT2D eigenvalue weighted by Crippen LogP contribution is -2.51. The van der Waals surface area contributed by atoms with E-state index in [1.54, 1.807) is 34.4 Å². The predicted octanol–water partition coefficient (Wildman–Crippen LogP) is 22.7. The summed E-state index contributed by atoms with van der Waals surface area (Å²) >= 11 is 5.76. The van der Waals surface area contributed by atoms with Crippen molar-refractivity contribution in [1.82, 2.24) is 0 Å². The van der Waals surface area contributed by atoms with Crippen LogP contribution in [-0.2, 0) is 20.4 Å². The van der Waals surface area contributed by atoms with E-state index in [0.29, 0.717) is 12.2 Å². The number of carbonyl (C=O) groups is 1. The van der Waals surface area contributed by atoms with E-state index in [0.717, 1.165) is 18.4 Å². The van der Waals surface area contributed by atoms with Crippen LogP contribution in [0.4, 0.5) is 0 Å². The number of fused-ring (bicyclic) bond motifs is 7. The Labute approximate surface area is 506 Å². The molecular weight excluding hydrogens is 1070 g/mol. The fourth-order valence-electron chi connectivity index (χ4n) is 18.7. The second-order valence-electron chi connectivity index (χ2n) is 27.3. The normalized spacial score (nSPS) is 26.3. The number of hydrogen-bond acceptors (Lipinski definition) is 6. The van der Waals surface area contributed by atoms with Gasteiger partial charge in [-0.3, -0.25) is 0 Å². The summed E-state index contributed by atoms with van der Waals surface area (Å²) in [6.07, 6.45) is 23.5. The number of hydrogen-bond donors (Lipinski definition) is 0. The van der Waals surface area contributed by atoms with Crippen molar-refractivity contribution in [3.8, 4) is 70.5 Å². The average molecular weight is 1150 g/mol. The Morgan fingerprint density at radius 3 is 1.42 bits per heavy atom. The molecule has 5 atom stereocenters. The second-order valence-corrected chi connectivity index (χ2v) is 30.7. The lowest BCUT2D eigenvalue weighted by molar-refractivity contribution is -0.153. The van der Waals surface area contributed by atoms with Crippen LogP contribution in [0.25, 0.3) is 74.1 Å². The van der Waals surface area contributed by atoms with E-state index in [-0.39, 0.29) is 38.5 Å². The Morgan fingerprint density at radius 1 is 0.494 bits per heavy atom. The zero-order chi connectivity index (χ0) is 57.1. The van der Waals surface area contributed by atoms with Crippen molar-refractivity contribution >= 4 is 49.4 Å². The molecule has 83 heavy (non-hydrogen) atoms. The largest absolute Gasteiger partial charge is 0.479 e. The van der Waals surface area contributed by atoms with Gasteiger partial charge in [-0.25, -0.2) is 4.79 Å². The summed E-state index contributed by atoms with van der Waals surface area (Å²) in [7, 11) is 0. The molecule has 3 aromatic heterocycles. The first-order valence-electron chi connectivity index (χ1n) is 31.6. The molecule has 0 saturated heterocycles. The van der Waals surface area contributed by atoms with Crippen molar-refractivity contribution < 1.29 is 14.3 Å². The van der Waals surface area contributed by atoms with Gasteiger partial charge in [0.25, 0.3) is 0 Å². The third kappa shape index (κ3) is 8.35. The van der Waals surface area contributed by atoms with Gasteiger partial charge >= 0.3 is 5.97 Å². The standard InChI is InChI=1S/C77H82O3S3/c1-9-12-13-14-15-16-17-20-65(71(78)80-55(10-2)11-3)79-56-27-21-50(22-28-56)66-33-34-67(82-66)53-25-31-59-57-29-23-51(44-61(57)76(63(59)46-53)72(5)35-18-36-73(76,6)40-39-72)52-24-30-58-60-32-26-54(68-48-70-69(83-68)43-49(4)81-70)47-64(60)77(62(58)45-52)74(7)37-19-38-75(77,8)42-41-74/h10-11,21-34,43-48,55,65H,2-3,9,12-20,35-42H2,1,4-8H3. The lowest BCUT2D eigenvalue weighted by atomic mass is 9.47. The third-order valence-electron chi connectivity index (χ3n) is 22.6. The van der Waals surface area contributed by atoms with Crippen LogP contribution in [0.15, 0.2) is 147 Å². The molecule has 0 aliphatic heterocycles. The molecule has 14 rings (SSSR count). The number of aryl methyl sites for hydroxylation is 1. The Bertz CT molecular complexity index is 3790. The van der Waals surface area contributed by atoms with Crippen LogP contribution in [0.5, 0.6) is 5.75 Å². The van der Waals surface area contributed by atoms with Crippen molar-refractivity contribution in [3.05, 3.63) is 174 Å². The van der Waals surface area contributed by atoms with E-state index in [4.69, 9.17) is 9.47 Å². The molecule has 8 aromatic rings. The van der Waals surface area contributed by atoms with E-state index < -0.39 is 12.2 Å². The number of ether oxygens (including phenoxy) is 2. The maximum atomic E-state index is 13.5. The highest BCUT2D eigenvalue weighted by molar-refractivity contribution is 7.29. The monoisotopic (exact) mass is 1150 g/mol. The molecule has 4 saturated carbocycles. The Kier molecular flexibility index (Phi) is 13.8. The minimum Gasteiger partial charge on any atom is -0.479 e. The highest BCUT2D eigenvalue weighted by Gasteiger charge is 2.70. The molecule has 6 aliphatic carbocycles. The molecule has 0 amide bonds. The Morgan fingerprint density at radius 2 is 0.928 bits per heavy atom. The minimum absolute atomic E-state index is 0.0392. The van der Waals surface area contributed by atoms with Gasteiger partial charge in [-0.05, 0) is 250 Å². The van der Waals surface area contributed by atoms with E-state index in [9.17, 15) is 4.79 Å². The number of unbranched alkanes of at least 4 members (excludes halogenated alkanes) is 6. The smallest absolute Gasteiger partial charge is 0.348 e. The molecular formula is C77H82O3S3. The van der Waals surface area contributed by atoms with Crippen molar-refractivity contribution in [2.24, 2.45) is 21.7 Å². The summed E-state index contributed by atoms with van der Waals surface area (Å²) in [6.45, 7) is 22.8. The average Bonchev–Trinajstić information content (AvgIpc) is 1.57. The van der Waals surface area contributed by atoms with E-state index in [1.807, 2.05) is 46.1 Å². The fraction of sp³-hybridized carbons (Fsp3) is 0.416. The first-order valence-corrected chi connectivity index (χ1v) is 34.1. The summed E-state index contributed by atoms with van der Waals surface area (Å²) in [4.78, 5) is 18.8. The van der Waals surface area contributed by atoms with Gasteiger partial charge in [0.1, 0.15) is 11.9 Å². The van der Waals surface area contributed by atoms with Gasteiger partial charge in [-0.2, -0.15) is 0 Å². The van der Waals surface area contributed by atoms with Crippen LogP contribution in [0.3, 0.4) is 0 Å². The first-order chi connectivity index (χ1) is 40.2. The van der Waals surface area contributed by atoms with Crippen LogP contribution >= 0.6 is 34.0 Å². The summed E-state index contributed by atoms with van der Waals surface area (Å²) in [5, 5.41) is 0. The van der Waals surface area contributed by atoms with Crippen molar-refractivity contribution in [2.75, 3.05) is 0 Å². The number of carbonyl (C=O) groups excluding carboxylic acids is 1. The maximum Gasteiger partial charge on any atom is 0.348 e. The highest BCUT2D eigenvalue weighted by atomic mass is 32.1. The molecule has 2 spiro atoms. The van der Waals surface area contributed by atoms with Crippen molar-refractivity contribution in [1.29, 1.82) is 0 Å². The van der Waals surface area contributed by atoms with Crippen LogP contribution in [0.2, 0.25) is 0 Å². The van der Waals surface area contributed by atoms with Crippen LogP contribution < -0.4 is 4.74 Å². The molecule has 3 nitrogen and oxygen atoms in total. The molecule has 5 aromatic carbocycles. The van der Waals surface area contributed by atoms with Gasteiger partial charge < -0.3 is 9.47 Å². The zero-order valence-electron chi connectivity index (χ0n) is 49.9. The summed E-state index contributed by atoms with van der Waals surface area (Å²) in [5.74, 6) is 0.299. The number of esters is 1. The molecule has 4 bridgehead atoms. The number of rotatable bonds is 18. The van der Waals surface area contributed by atoms with Crippen LogP contribution in [0, 0.1) is 28.6 Å². The fourth-order valence-corrected chi connectivity index (χ4v) is 22.1. The molecule has 5 unspecified atom stereocenters. The number of benzene rings is 5. The molecule has 0 radical (unpaired) electrons. The van der Waals surface area contributed by atoms with Gasteiger partial charge in [0.2, 0.25) is 0 Å². The number of thiophene rings is 3. The first kappa shape index (κ1) is 55.1. The highest BCUT2D eigenvalue weighted by Crippen LogP contribution is 2.78. The Balaban J connectivity index is 0.786. The predicted molar refractivity (Wildman–Crippen MR) is 352 cm³/mol. The van der Waals surface area contributed by atoms with Crippen LogP contribution in [-0.4, -0.2) is 18.2 Å². The van der Waals surface area contributed by atoms with E-state index in [2.05, 4.69) is 164 Å². The van der Waals surface area contributed by atoms with E-state index in [1.165, 1.54) is 170 Å². The molecule has 3 heterocycles. The topological polar surface area (TPSA) is 35.5 Å². The lowest BCUT2D eigenvalue weighted by Gasteiger charge is -2.55. The second kappa shape index (κ2) is 20.7. The third-order valence-corrected chi connectivity index (χ3v) is 26.0. The summed E-state index contributed by atoms with van der Waals surface area (Å²) < 4.78 is 15.0. The molecule has 6 aliphatic rings. The Hall–Kier alpha value is -5.79. The van der Waals surface area contributed by atoms with Gasteiger partial charge in [-0.15, -0.1) is 34.0 Å². The van der Waals surface area contributed by atoms with Crippen molar-refractivity contribution in [3.63, 3.8) is 0 Å². The molecule has 426 valence electrons. The maximum absolute atomic E-state index is 13.5. The van der Waals surface area contributed by atoms with Gasteiger partial charge in [-0.1, -0.05) is 148 Å². The van der Waals surface area contributed by atoms with Gasteiger partial charge in [0, 0.05) is 39.7 Å². The van der Waals surface area contributed by atoms with Gasteiger partial charge in [0.05, 0.1) is 0 Å². The molecule has 4 fully saturated rings. The summed E-state index contributed by atoms with van der Waals surface area (Å²) in [5.41, 5.74) is 19.2. The minimum atomic E-state index is -0.695. The van der Waals surface area contributed by atoms with Gasteiger partial charge in [0.15, 0.2) is 6.10 Å². The van der Waals surface area contributed by atoms with Crippen molar-refractivity contribution in [2.45, 2.75) is 180 Å². The SMILES string of the molecule is C=CC(C=C)OC(=O)C(CCCCCCCCC)Oc1ccc(-c2ccc(-c3ccc4c(c3)C3(c5cc(-c6ccc7c(c6)C6(c8cc(-c9cc%10sc(C)cc%10s9)ccc8-7)C7(C)CCCC6(C)CC7)ccc5-4)C4(C)CCCC3(C)CC4)s2)cc1. The zero-order valence-corrected chi connectivity index (χ0v) is 52.4.